The molecule has 23 heavy (non-hydrogen) atoms. The van der Waals surface area contributed by atoms with Gasteiger partial charge >= 0.3 is 0 Å². The number of halogens is 2. The summed E-state index contributed by atoms with van der Waals surface area (Å²) in [7, 11) is 1.55. The Labute approximate surface area is 133 Å². The van der Waals surface area contributed by atoms with Crippen molar-refractivity contribution in [3.8, 4) is 5.75 Å². The molecular weight excluding hydrogens is 300 g/mol. The molecule has 1 N–H and O–H groups in total. The van der Waals surface area contributed by atoms with Gasteiger partial charge in [-0.25, -0.2) is 8.78 Å². The fourth-order valence-corrected chi connectivity index (χ4v) is 3.02. The lowest BCUT2D eigenvalue weighted by Crippen LogP contribution is -2.46. The van der Waals surface area contributed by atoms with Crippen LogP contribution < -0.4 is 10.1 Å². The molecule has 5 heteroatoms. The molecule has 0 radical (unpaired) electrons. The minimum atomic E-state index is -0.759. The Bertz CT molecular complexity index is 742. The molecule has 1 saturated carbocycles. The van der Waals surface area contributed by atoms with Crippen LogP contribution in [0.5, 0.6) is 5.75 Å². The molecule has 0 atom stereocenters. The largest absolute Gasteiger partial charge is 0.496 e. The first-order valence-electron chi connectivity index (χ1n) is 7.47. The highest BCUT2D eigenvalue weighted by Gasteiger charge is 2.47. The number of amides is 1. The van der Waals surface area contributed by atoms with Gasteiger partial charge in [0.1, 0.15) is 17.4 Å². The van der Waals surface area contributed by atoms with Crippen molar-refractivity contribution in [2.45, 2.75) is 24.7 Å². The van der Waals surface area contributed by atoms with Gasteiger partial charge in [0, 0.05) is 11.6 Å². The lowest BCUT2D eigenvalue weighted by atomic mass is 9.63. The first-order chi connectivity index (χ1) is 11.1. The number of carbonyl (C=O) groups excluding carboxylic acids is 1. The third-order valence-electron chi connectivity index (χ3n) is 4.44. The first-order valence-corrected chi connectivity index (χ1v) is 7.47. The Hall–Kier alpha value is -2.43. The summed E-state index contributed by atoms with van der Waals surface area (Å²) >= 11 is 0. The van der Waals surface area contributed by atoms with Gasteiger partial charge in [-0.1, -0.05) is 24.6 Å². The Morgan fingerprint density at radius 1 is 1.17 bits per heavy atom. The van der Waals surface area contributed by atoms with E-state index in [4.69, 9.17) is 4.74 Å². The summed E-state index contributed by atoms with van der Waals surface area (Å²) in [4.78, 5) is 12.8. The molecule has 2 aromatic carbocycles. The summed E-state index contributed by atoms with van der Waals surface area (Å²) in [5.41, 5.74) is -0.120. The van der Waals surface area contributed by atoms with Crippen LogP contribution in [-0.4, -0.2) is 13.0 Å². The second-order valence-corrected chi connectivity index (χ2v) is 5.71. The maximum absolute atomic E-state index is 13.8. The van der Waals surface area contributed by atoms with Crippen LogP contribution in [0.4, 0.5) is 14.5 Å². The van der Waals surface area contributed by atoms with Gasteiger partial charge in [0.05, 0.1) is 18.2 Å². The minimum Gasteiger partial charge on any atom is -0.496 e. The molecule has 2 aromatic rings. The van der Waals surface area contributed by atoms with Crippen molar-refractivity contribution in [1.82, 2.24) is 0 Å². The van der Waals surface area contributed by atoms with Gasteiger partial charge in [-0.2, -0.15) is 0 Å². The smallest absolute Gasteiger partial charge is 0.235 e. The van der Waals surface area contributed by atoms with Crippen molar-refractivity contribution < 1.29 is 18.3 Å². The van der Waals surface area contributed by atoms with E-state index in [2.05, 4.69) is 5.32 Å². The molecule has 1 amide bonds. The minimum absolute atomic E-state index is 0.142. The zero-order chi connectivity index (χ0) is 16.4. The fourth-order valence-electron chi connectivity index (χ4n) is 3.02. The first kappa shape index (κ1) is 15.5. The number of hydrogen-bond acceptors (Lipinski definition) is 2. The van der Waals surface area contributed by atoms with Crippen molar-refractivity contribution in [3.63, 3.8) is 0 Å². The normalized spacial score (nSPS) is 15.6. The Morgan fingerprint density at radius 2 is 1.91 bits per heavy atom. The Balaban J connectivity index is 1.94. The number of para-hydroxylation sites is 1. The van der Waals surface area contributed by atoms with E-state index in [9.17, 15) is 13.6 Å². The highest BCUT2D eigenvalue weighted by Crippen LogP contribution is 2.47. The summed E-state index contributed by atoms with van der Waals surface area (Å²) in [6.45, 7) is 0. The summed E-state index contributed by atoms with van der Waals surface area (Å²) in [5, 5.41) is 2.53. The van der Waals surface area contributed by atoms with Gasteiger partial charge in [-0.3, -0.25) is 4.79 Å². The van der Waals surface area contributed by atoms with E-state index in [-0.39, 0.29) is 11.6 Å². The number of rotatable bonds is 4. The highest BCUT2D eigenvalue weighted by atomic mass is 19.1. The molecule has 0 spiro atoms. The average molecular weight is 317 g/mol. The van der Waals surface area contributed by atoms with Crippen LogP contribution in [0.15, 0.2) is 42.5 Å². The molecule has 0 aliphatic heterocycles. The van der Waals surface area contributed by atoms with Crippen LogP contribution in [0, 0.1) is 11.6 Å². The molecular formula is C18H17F2NO2. The third kappa shape index (κ3) is 2.67. The van der Waals surface area contributed by atoms with Crippen LogP contribution >= 0.6 is 0 Å². The molecule has 1 aliphatic carbocycles. The molecule has 0 aromatic heterocycles. The Kier molecular flexibility index (Phi) is 4.03. The number of carbonyl (C=O) groups is 1. The topological polar surface area (TPSA) is 38.3 Å². The predicted molar refractivity (Wildman–Crippen MR) is 83.5 cm³/mol. The zero-order valence-corrected chi connectivity index (χ0v) is 12.7. The molecule has 0 unspecified atom stereocenters. The molecule has 0 heterocycles. The maximum atomic E-state index is 13.8. The van der Waals surface area contributed by atoms with Crippen LogP contribution in [0.25, 0.3) is 0 Å². The zero-order valence-electron chi connectivity index (χ0n) is 12.7. The van der Waals surface area contributed by atoms with Gasteiger partial charge < -0.3 is 10.1 Å². The van der Waals surface area contributed by atoms with Crippen LogP contribution in [0.1, 0.15) is 24.8 Å². The predicted octanol–water partition coefficient (Wildman–Crippen LogP) is 4.03. The average Bonchev–Trinajstić information content (AvgIpc) is 2.50. The molecule has 3 rings (SSSR count). The van der Waals surface area contributed by atoms with Crippen molar-refractivity contribution >= 4 is 11.6 Å². The maximum Gasteiger partial charge on any atom is 0.235 e. The number of nitrogens with one attached hydrogen (secondary N) is 1. The highest BCUT2D eigenvalue weighted by molar-refractivity contribution is 6.00. The van der Waals surface area contributed by atoms with E-state index >= 15 is 0 Å². The second kappa shape index (κ2) is 5.99. The van der Waals surface area contributed by atoms with Crippen LogP contribution in [-0.2, 0) is 10.2 Å². The monoisotopic (exact) mass is 317 g/mol. The van der Waals surface area contributed by atoms with Crippen molar-refractivity contribution in [2.24, 2.45) is 0 Å². The lowest BCUT2D eigenvalue weighted by molar-refractivity contribution is -0.124. The van der Waals surface area contributed by atoms with E-state index in [1.165, 1.54) is 0 Å². The van der Waals surface area contributed by atoms with Crippen molar-refractivity contribution in [1.29, 1.82) is 0 Å². The molecule has 0 bridgehead atoms. The van der Waals surface area contributed by atoms with E-state index in [1.54, 1.807) is 13.2 Å². The summed E-state index contributed by atoms with van der Waals surface area (Å²) in [5.74, 6) is -0.962. The number of ether oxygens (including phenoxy) is 1. The van der Waals surface area contributed by atoms with E-state index < -0.39 is 17.0 Å². The molecule has 1 aliphatic rings. The van der Waals surface area contributed by atoms with Gasteiger partial charge in [0.25, 0.3) is 0 Å². The van der Waals surface area contributed by atoms with Crippen LogP contribution in [0.2, 0.25) is 0 Å². The fraction of sp³-hybridized carbons (Fsp3) is 0.278. The van der Waals surface area contributed by atoms with Crippen molar-refractivity contribution in [2.75, 3.05) is 12.4 Å². The van der Waals surface area contributed by atoms with Crippen molar-refractivity contribution in [3.05, 3.63) is 59.7 Å². The van der Waals surface area contributed by atoms with E-state index in [0.717, 1.165) is 30.2 Å². The molecule has 120 valence electrons. The number of benzene rings is 2. The van der Waals surface area contributed by atoms with E-state index in [1.807, 2.05) is 18.2 Å². The summed E-state index contributed by atoms with van der Waals surface area (Å²) < 4.78 is 32.4. The summed E-state index contributed by atoms with van der Waals surface area (Å²) in [6, 6.07) is 10.3. The van der Waals surface area contributed by atoms with Gasteiger partial charge in [0.2, 0.25) is 5.91 Å². The second-order valence-electron chi connectivity index (χ2n) is 5.71. The Morgan fingerprint density at radius 3 is 2.57 bits per heavy atom. The number of methoxy groups -OCH3 is 1. The quantitative estimate of drug-likeness (QED) is 0.924. The molecule has 0 saturated heterocycles. The van der Waals surface area contributed by atoms with E-state index in [0.29, 0.717) is 18.6 Å². The van der Waals surface area contributed by atoms with Crippen LogP contribution in [0.3, 0.4) is 0 Å². The molecule has 1 fully saturated rings. The van der Waals surface area contributed by atoms with Gasteiger partial charge in [-0.05, 0) is 31.0 Å². The SMILES string of the molecule is COc1ccccc1C1(C(=O)Nc2cc(F)ccc2F)CCC1. The number of hydrogen-bond donors (Lipinski definition) is 1. The molecule has 3 nitrogen and oxygen atoms in total. The van der Waals surface area contributed by atoms with Gasteiger partial charge in [-0.15, -0.1) is 0 Å². The third-order valence-corrected chi connectivity index (χ3v) is 4.44. The summed E-state index contributed by atoms with van der Waals surface area (Å²) in [6.07, 6.45) is 2.20. The number of anilines is 1. The standard InChI is InChI=1S/C18H17F2NO2/c1-23-16-6-3-2-5-13(16)18(9-4-10-18)17(22)21-15-11-12(19)7-8-14(15)20/h2-3,5-8,11H,4,9-10H2,1H3,(H,21,22). The van der Waals surface area contributed by atoms with Gasteiger partial charge in [0.15, 0.2) is 0 Å². The lowest BCUT2D eigenvalue weighted by Gasteiger charge is -2.41.